The maximum Gasteiger partial charge on any atom is 0.323 e. The molecule has 26 heavy (non-hydrogen) atoms. The summed E-state index contributed by atoms with van der Waals surface area (Å²) in [6, 6.07) is 6.03. The van der Waals surface area contributed by atoms with Crippen LogP contribution < -0.4 is 0 Å². The van der Waals surface area contributed by atoms with E-state index >= 15 is 0 Å². The summed E-state index contributed by atoms with van der Waals surface area (Å²) < 4.78 is 32.4. The third-order valence-electron chi connectivity index (χ3n) is 5.25. The first-order chi connectivity index (χ1) is 12.3. The lowest BCUT2D eigenvalue weighted by atomic mass is 10.1. The third kappa shape index (κ3) is 3.78. The third-order valence-corrected chi connectivity index (χ3v) is 7.18. The Hall–Kier alpha value is -1.48. The van der Waals surface area contributed by atoms with E-state index in [0.717, 1.165) is 18.5 Å². The number of β-amino-alcohol motifs (C(OH)–C–C–N with tert-alkyl or cyclic N) is 1. The molecule has 0 amide bonds. The highest BCUT2D eigenvalue weighted by Gasteiger charge is 2.42. The number of aliphatic hydroxyl groups is 1. The van der Waals surface area contributed by atoms with Crippen LogP contribution in [0, 0.1) is 6.92 Å². The van der Waals surface area contributed by atoms with Crippen molar-refractivity contribution in [2.75, 3.05) is 26.7 Å². The molecule has 2 aliphatic heterocycles. The first-order valence-corrected chi connectivity index (χ1v) is 10.4. The van der Waals surface area contributed by atoms with E-state index in [2.05, 4.69) is 0 Å². The number of rotatable bonds is 5. The van der Waals surface area contributed by atoms with E-state index in [4.69, 9.17) is 4.74 Å². The molecule has 3 rings (SSSR count). The van der Waals surface area contributed by atoms with E-state index in [1.165, 1.54) is 11.4 Å². The molecule has 0 spiro atoms. The van der Waals surface area contributed by atoms with Gasteiger partial charge in [-0.25, -0.2) is 8.42 Å². The standard InChI is InChI=1S/C18H26N2O5S/c1-13-5-7-16(8-6-13)26(23,24)20-12-15(21)10-14(20)11-19-9-3-4-17(19)18(22)25-2/h5-8,14-15,17,21H,3-4,9-12H2,1-2H3/t14-,15+,17-/m0/s1. The van der Waals surface area contributed by atoms with Gasteiger partial charge in [-0.05, 0) is 44.9 Å². The summed E-state index contributed by atoms with van der Waals surface area (Å²) >= 11 is 0. The van der Waals surface area contributed by atoms with Crippen LogP contribution in [-0.4, -0.2) is 73.6 Å². The topological polar surface area (TPSA) is 87.2 Å². The monoisotopic (exact) mass is 382 g/mol. The molecule has 0 aromatic heterocycles. The normalized spacial score (nSPS) is 27.7. The highest BCUT2D eigenvalue weighted by molar-refractivity contribution is 7.89. The number of esters is 1. The first-order valence-electron chi connectivity index (χ1n) is 8.91. The van der Waals surface area contributed by atoms with Gasteiger partial charge >= 0.3 is 5.97 Å². The molecule has 144 valence electrons. The number of aryl methyl sites for hydroxylation is 1. The van der Waals surface area contributed by atoms with Crippen LogP contribution >= 0.6 is 0 Å². The fourth-order valence-corrected chi connectivity index (χ4v) is 5.55. The summed E-state index contributed by atoms with van der Waals surface area (Å²) in [5.41, 5.74) is 0.986. The first kappa shape index (κ1) is 19.3. The van der Waals surface area contributed by atoms with Gasteiger partial charge in [0.25, 0.3) is 0 Å². The maximum atomic E-state index is 13.1. The van der Waals surface area contributed by atoms with Crippen LogP contribution in [0.25, 0.3) is 0 Å². The second-order valence-corrected chi connectivity index (χ2v) is 9.00. The Morgan fingerprint density at radius 1 is 1.31 bits per heavy atom. The number of hydrogen-bond acceptors (Lipinski definition) is 6. The molecule has 1 aromatic carbocycles. The van der Waals surface area contributed by atoms with Crippen molar-refractivity contribution in [3.63, 3.8) is 0 Å². The van der Waals surface area contributed by atoms with Crippen LogP contribution in [0.3, 0.4) is 0 Å². The number of likely N-dealkylation sites (tertiary alicyclic amines) is 1. The van der Waals surface area contributed by atoms with E-state index in [1.54, 1.807) is 24.3 Å². The highest BCUT2D eigenvalue weighted by Crippen LogP contribution is 2.29. The quantitative estimate of drug-likeness (QED) is 0.757. The number of aliphatic hydroxyl groups excluding tert-OH is 1. The Bertz CT molecular complexity index is 749. The number of benzene rings is 1. The summed E-state index contributed by atoms with van der Waals surface area (Å²) in [7, 11) is -2.32. The molecule has 8 heteroatoms. The SMILES string of the molecule is COC(=O)[C@@H]1CCCN1C[C@@H]1C[C@@H](O)CN1S(=O)(=O)c1ccc(C)cc1. The molecular formula is C18H26N2O5S. The van der Waals surface area contributed by atoms with Crippen molar-refractivity contribution < 1.29 is 23.1 Å². The Kier molecular flexibility index (Phi) is 5.67. The predicted molar refractivity (Wildman–Crippen MR) is 96.1 cm³/mol. The Balaban J connectivity index is 1.80. The number of methoxy groups -OCH3 is 1. The van der Waals surface area contributed by atoms with Crippen molar-refractivity contribution in [1.29, 1.82) is 0 Å². The molecule has 7 nitrogen and oxygen atoms in total. The summed E-state index contributed by atoms with van der Waals surface area (Å²) in [5.74, 6) is -0.283. The number of carbonyl (C=O) groups is 1. The van der Waals surface area contributed by atoms with Crippen molar-refractivity contribution >= 4 is 16.0 Å². The van der Waals surface area contributed by atoms with Crippen molar-refractivity contribution in [2.45, 2.75) is 49.3 Å². The summed E-state index contributed by atoms with van der Waals surface area (Å²) in [6.07, 6.45) is 1.27. The lowest BCUT2D eigenvalue weighted by Gasteiger charge is -2.30. The predicted octanol–water partition coefficient (Wildman–Crippen LogP) is 0.756. The largest absolute Gasteiger partial charge is 0.468 e. The van der Waals surface area contributed by atoms with Gasteiger partial charge < -0.3 is 9.84 Å². The zero-order valence-electron chi connectivity index (χ0n) is 15.2. The van der Waals surface area contributed by atoms with Crippen LogP contribution in [0.2, 0.25) is 0 Å². The van der Waals surface area contributed by atoms with E-state index < -0.39 is 16.1 Å². The van der Waals surface area contributed by atoms with E-state index in [0.29, 0.717) is 19.4 Å². The molecule has 1 aromatic rings. The van der Waals surface area contributed by atoms with Gasteiger partial charge in [0.05, 0.1) is 18.1 Å². The molecular weight excluding hydrogens is 356 g/mol. The number of carbonyl (C=O) groups excluding carboxylic acids is 1. The molecule has 1 N–H and O–H groups in total. The highest BCUT2D eigenvalue weighted by atomic mass is 32.2. The van der Waals surface area contributed by atoms with Crippen molar-refractivity contribution in [2.24, 2.45) is 0 Å². The molecule has 0 saturated carbocycles. The number of hydrogen-bond donors (Lipinski definition) is 1. The zero-order chi connectivity index (χ0) is 18.9. The van der Waals surface area contributed by atoms with Gasteiger partial charge in [0.1, 0.15) is 6.04 Å². The van der Waals surface area contributed by atoms with Gasteiger partial charge in [0, 0.05) is 19.1 Å². The maximum absolute atomic E-state index is 13.1. The van der Waals surface area contributed by atoms with Gasteiger partial charge in [-0.2, -0.15) is 4.31 Å². The summed E-state index contributed by atoms with van der Waals surface area (Å²) in [4.78, 5) is 14.2. The average molecular weight is 382 g/mol. The van der Waals surface area contributed by atoms with E-state index in [1.807, 2.05) is 11.8 Å². The molecule has 2 aliphatic rings. The summed E-state index contributed by atoms with van der Waals surface area (Å²) in [5, 5.41) is 10.1. The van der Waals surface area contributed by atoms with Gasteiger partial charge in [-0.1, -0.05) is 17.7 Å². The van der Waals surface area contributed by atoms with Gasteiger partial charge in [-0.15, -0.1) is 0 Å². The molecule has 0 aliphatic carbocycles. The number of ether oxygens (including phenoxy) is 1. The minimum atomic E-state index is -3.69. The Labute approximate surface area is 154 Å². The molecule has 3 atom stereocenters. The Morgan fingerprint density at radius 2 is 2.00 bits per heavy atom. The zero-order valence-corrected chi connectivity index (χ0v) is 16.0. The van der Waals surface area contributed by atoms with Crippen LogP contribution in [-0.2, 0) is 19.6 Å². The van der Waals surface area contributed by atoms with Crippen molar-refractivity contribution in [1.82, 2.24) is 9.21 Å². The van der Waals surface area contributed by atoms with Gasteiger partial charge in [0.15, 0.2) is 0 Å². The fraction of sp³-hybridized carbons (Fsp3) is 0.611. The van der Waals surface area contributed by atoms with Gasteiger partial charge in [-0.3, -0.25) is 9.69 Å². The molecule has 0 unspecified atom stereocenters. The summed E-state index contributed by atoms with van der Waals surface area (Å²) in [6.45, 7) is 3.13. The van der Waals surface area contributed by atoms with Crippen LogP contribution in [0.15, 0.2) is 29.2 Å². The Morgan fingerprint density at radius 3 is 2.65 bits per heavy atom. The minimum absolute atomic E-state index is 0.0810. The van der Waals surface area contributed by atoms with E-state index in [9.17, 15) is 18.3 Å². The molecule has 2 saturated heterocycles. The van der Waals surface area contributed by atoms with Crippen LogP contribution in [0.1, 0.15) is 24.8 Å². The lowest BCUT2D eigenvalue weighted by molar-refractivity contribution is -0.146. The lowest BCUT2D eigenvalue weighted by Crippen LogP contribution is -2.46. The van der Waals surface area contributed by atoms with Crippen molar-refractivity contribution in [3.8, 4) is 0 Å². The van der Waals surface area contributed by atoms with Crippen LogP contribution in [0.4, 0.5) is 0 Å². The second-order valence-electron chi connectivity index (χ2n) is 7.11. The molecule has 0 bridgehead atoms. The van der Waals surface area contributed by atoms with Gasteiger partial charge in [0.2, 0.25) is 10.0 Å². The number of sulfonamides is 1. The van der Waals surface area contributed by atoms with E-state index in [-0.39, 0.29) is 29.5 Å². The molecule has 2 fully saturated rings. The smallest absolute Gasteiger partial charge is 0.323 e. The second kappa shape index (κ2) is 7.64. The fourth-order valence-electron chi connectivity index (χ4n) is 3.89. The van der Waals surface area contributed by atoms with Crippen LogP contribution in [0.5, 0.6) is 0 Å². The van der Waals surface area contributed by atoms with Crippen molar-refractivity contribution in [3.05, 3.63) is 29.8 Å². The minimum Gasteiger partial charge on any atom is -0.468 e. The average Bonchev–Trinajstić information content (AvgIpc) is 3.21. The molecule has 0 radical (unpaired) electrons. The molecule has 2 heterocycles. The number of nitrogens with zero attached hydrogens (tertiary/aromatic N) is 2.